The number of hydrogen-bond donors (Lipinski definition) is 2. The first-order chi connectivity index (χ1) is 10.7. The van der Waals surface area contributed by atoms with E-state index < -0.39 is 0 Å². The summed E-state index contributed by atoms with van der Waals surface area (Å²) >= 11 is 0. The lowest BCUT2D eigenvalue weighted by Gasteiger charge is -2.31. The van der Waals surface area contributed by atoms with Crippen LogP contribution in [0.5, 0.6) is 0 Å². The van der Waals surface area contributed by atoms with Gasteiger partial charge in [0.2, 0.25) is 0 Å². The summed E-state index contributed by atoms with van der Waals surface area (Å²) in [5, 5.41) is 6.95. The Morgan fingerprint density at radius 3 is 2.39 bits per heavy atom. The van der Waals surface area contributed by atoms with E-state index >= 15 is 0 Å². The lowest BCUT2D eigenvalue weighted by atomic mass is 9.78. The third-order valence-corrected chi connectivity index (χ3v) is 5.24. The first kappa shape index (κ1) is 18.6. The van der Waals surface area contributed by atoms with Crippen molar-refractivity contribution in [1.29, 1.82) is 0 Å². The molecule has 0 spiro atoms. The van der Waals surface area contributed by atoms with E-state index in [4.69, 9.17) is 0 Å². The molecule has 0 bridgehead atoms. The summed E-state index contributed by atoms with van der Waals surface area (Å²) in [6.07, 6.45) is 6.40. The molecule has 1 aliphatic heterocycles. The first-order valence-corrected chi connectivity index (χ1v) is 8.82. The SMILES string of the molecule is CC(C)c1ccc(C2(CNC3=NCCCN3)CCCC2)cc1.I. The molecule has 1 heterocycles. The topological polar surface area (TPSA) is 36.4 Å². The Bertz CT molecular complexity index is 516. The maximum absolute atomic E-state index is 4.55. The van der Waals surface area contributed by atoms with Crippen LogP contribution >= 0.6 is 24.0 Å². The maximum Gasteiger partial charge on any atom is 0.191 e. The molecular weight excluding hydrogens is 397 g/mol. The van der Waals surface area contributed by atoms with Crippen LogP contribution < -0.4 is 10.6 Å². The summed E-state index contributed by atoms with van der Waals surface area (Å²) in [6.45, 7) is 7.51. The van der Waals surface area contributed by atoms with Crippen LogP contribution in [0.25, 0.3) is 0 Å². The molecule has 3 nitrogen and oxygen atoms in total. The Labute approximate surface area is 157 Å². The van der Waals surface area contributed by atoms with Gasteiger partial charge in [0.25, 0.3) is 0 Å². The van der Waals surface area contributed by atoms with Gasteiger partial charge < -0.3 is 10.6 Å². The van der Waals surface area contributed by atoms with E-state index in [1.54, 1.807) is 0 Å². The fourth-order valence-corrected chi connectivity index (χ4v) is 3.74. The highest BCUT2D eigenvalue weighted by molar-refractivity contribution is 14.0. The summed E-state index contributed by atoms with van der Waals surface area (Å²) < 4.78 is 0. The van der Waals surface area contributed by atoms with Crippen molar-refractivity contribution in [3.05, 3.63) is 35.4 Å². The van der Waals surface area contributed by atoms with Gasteiger partial charge >= 0.3 is 0 Å². The minimum absolute atomic E-state index is 0. The van der Waals surface area contributed by atoms with Crippen molar-refractivity contribution in [1.82, 2.24) is 10.6 Å². The van der Waals surface area contributed by atoms with Gasteiger partial charge in [0, 0.05) is 25.0 Å². The zero-order chi connectivity index (χ0) is 15.4. The van der Waals surface area contributed by atoms with Crippen LogP contribution in [0.3, 0.4) is 0 Å². The van der Waals surface area contributed by atoms with E-state index in [9.17, 15) is 0 Å². The van der Waals surface area contributed by atoms with Crippen molar-refractivity contribution in [3.63, 3.8) is 0 Å². The second-order valence-corrected chi connectivity index (χ2v) is 7.13. The zero-order valence-electron chi connectivity index (χ0n) is 14.4. The average Bonchev–Trinajstić information content (AvgIpc) is 3.04. The Morgan fingerprint density at radius 1 is 1.13 bits per heavy atom. The Kier molecular flexibility index (Phi) is 6.74. The largest absolute Gasteiger partial charge is 0.356 e. The van der Waals surface area contributed by atoms with Gasteiger partial charge in [0.1, 0.15) is 0 Å². The van der Waals surface area contributed by atoms with E-state index in [-0.39, 0.29) is 29.4 Å². The van der Waals surface area contributed by atoms with Gasteiger partial charge in [-0.1, -0.05) is 51.0 Å². The first-order valence-electron chi connectivity index (χ1n) is 8.82. The van der Waals surface area contributed by atoms with Gasteiger partial charge in [-0.25, -0.2) is 0 Å². The summed E-state index contributed by atoms with van der Waals surface area (Å²) in [7, 11) is 0. The van der Waals surface area contributed by atoms with E-state index in [1.807, 2.05) is 0 Å². The van der Waals surface area contributed by atoms with Gasteiger partial charge in [0.05, 0.1) is 0 Å². The summed E-state index contributed by atoms with van der Waals surface area (Å²) in [4.78, 5) is 4.55. The predicted molar refractivity (Wildman–Crippen MR) is 109 cm³/mol. The molecule has 128 valence electrons. The highest BCUT2D eigenvalue weighted by Crippen LogP contribution is 2.41. The molecule has 3 rings (SSSR count). The van der Waals surface area contributed by atoms with Crippen LogP contribution in [0.15, 0.2) is 29.3 Å². The highest BCUT2D eigenvalue weighted by Gasteiger charge is 2.35. The number of benzene rings is 1. The van der Waals surface area contributed by atoms with Crippen LogP contribution in [0.1, 0.15) is 63.0 Å². The number of nitrogens with one attached hydrogen (secondary N) is 2. The minimum Gasteiger partial charge on any atom is -0.356 e. The molecule has 1 aromatic carbocycles. The molecule has 4 heteroatoms. The summed E-state index contributed by atoms with van der Waals surface area (Å²) in [5.74, 6) is 1.60. The van der Waals surface area contributed by atoms with Crippen LogP contribution in [-0.4, -0.2) is 25.6 Å². The summed E-state index contributed by atoms with van der Waals surface area (Å²) in [5.41, 5.74) is 3.22. The van der Waals surface area contributed by atoms with Crippen LogP contribution in [0, 0.1) is 0 Å². The number of aliphatic imine (C=N–C) groups is 1. The highest BCUT2D eigenvalue weighted by atomic mass is 127. The van der Waals surface area contributed by atoms with Crippen LogP contribution in [0.4, 0.5) is 0 Å². The van der Waals surface area contributed by atoms with Gasteiger partial charge in [-0.15, -0.1) is 24.0 Å². The van der Waals surface area contributed by atoms with Crippen molar-refractivity contribution in [2.24, 2.45) is 4.99 Å². The fourth-order valence-electron chi connectivity index (χ4n) is 3.74. The molecule has 2 N–H and O–H groups in total. The van der Waals surface area contributed by atoms with Crippen molar-refractivity contribution in [2.75, 3.05) is 19.6 Å². The van der Waals surface area contributed by atoms with Crippen molar-refractivity contribution in [2.45, 2.75) is 57.3 Å². The van der Waals surface area contributed by atoms with E-state index in [1.165, 1.54) is 36.8 Å². The molecule has 0 saturated heterocycles. The molecule has 1 aliphatic carbocycles. The molecular formula is C19H30IN3. The third-order valence-electron chi connectivity index (χ3n) is 5.24. The number of halogens is 1. The normalized spacial score (nSPS) is 19.7. The van der Waals surface area contributed by atoms with Gasteiger partial charge in [-0.3, -0.25) is 4.99 Å². The van der Waals surface area contributed by atoms with Gasteiger partial charge in [-0.2, -0.15) is 0 Å². The van der Waals surface area contributed by atoms with Crippen molar-refractivity contribution >= 4 is 29.9 Å². The standard InChI is InChI=1S/C19H29N3.HI/c1-15(2)16-6-8-17(9-7-16)19(10-3-4-11-19)14-22-18-20-12-5-13-21-18;/h6-9,15H,3-5,10-14H2,1-2H3,(H2,20,21,22);1H. The molecule has 1 fully saturated rings. The van der Waals surface area contributed by atoms with Crippen LogP contribution in [-0.2, 0) is 5.41 Å². The Morgan fingerprint density at radius 2 is 1.83 bits per heavy atom. The molecule has 23 heavy (non-hydrogen) atoms. The van der Waals surface area contributed by atoms with E-state index in [2.05, 4.69) is 53.7 Å². The number of guanidine groups is 1. The predicted octanol–water partition coefficient (Wildman–Crippen LogP) is 4.18. The van der Waals surface area contributed by atoms with Crippen molar-refractivity contribution < 1.29 is 0 Å². The molecule has 1 aromatic rings. The molecule has 0 aromatic heterocycles. The van der Waals surface area contributed by atoms with E-state index in [0.717, 1.165) is 32.0 Å². The molecule has 2 aliphatic rings. The lowest BCUT2D eigenvalue weighted by Crippen LogP contribution is -2.46. The molecule has 0 radical (unpaired) electrons. The minimum atomic E-state index is 0. The number of rotatable bonds is 4. The van der Waals surface area contributed by atoms with E-state index in [0.29, 0.717) is 5.92 Å². The molecule has 1 saturated carbocycles. The Balaban J connectivity index is 0.00000192. The molecule has 0 atom stereocenters. The summed E-state index contributed by atoms with van der Waals surface area (Å²) in [6, 6.07) is 9.35. The third kappa shape index (κ3) is 4.40. The van der Waals surface area contributed by atoms with Gasteiger partial charge in [0.15, 0.2) is 5.96 Å². The molecule has 0 unspecified atom stereocenters. The second kappa shape index (κ2) is 8.36. The lowest BCUT2D eigenvalue weighted by molar-refractivity contribution is 0.430. The zero-order valence-corrected chi connectivity index (χ0v) is 16.7. The Hall–Kier alpha value is -0.780. The van der Waals surface area contributed by atoms with Crippen LogP contribution in [0.2, 0.25) is 0 Å². The smallest absolute Gasteiger partial charge is 0.191 e. The second-order valence-electron chi connectivity index (χ2n) is 7.13. The number of hydrogen-bond acceptors (Lipinski definition) is 3. The van der Waals surface area contributed by atoms with Gasteiger partial charge in [-0.05, 0) is 36.3 Å². The molecule has 0 amide bonds. The quantitative estimate of drug-likeness (QED) is 0.708. The fraction of sp³-hybridized carbons (Fsp3) is 0.632. The van der Waals surface area contributed by atoms with Crippen molar-refractivity contribution in [3.8, 4) is 0 Å². The maximum atomic E-state index is 4.55. The average molecular weight is 427 g/mol. The number of nitrogens with zero attached hydrogens (tertiary/aromatic N) is 1. The monoisotopic (exact) mass is 427 g/mol.